The Morgan fingerprint density at radius 3 is 0.527 bits per heavy atom. The maximum atomic E-state index is 13.9. The summed E-state index contributed by atoms with van der Waals surface area (Å²) in [5.74, 6) is 2.89. The molecule has 3 aliphatic rings. The Labute approximate surface area is 431 Å². The number of carbonyl (C=O) groups excluding carboxylic acids is 2. The topological polar surface area (TPSA) is 200 Å². The zero-order chi connectivity index (χ0) is 51.1. The maximum Gasteiger partial charge on any atom is 0.193 e. The van der Waals surface area contributed by atoms with E-state index in [4.69, 9.17) is 85.3 Å². The first-order chi connectivity index (χ1) is 36.6. The predicted octanol–water partition coefficient (Wildman–Crippen LogP) is 5.09. The van der Waals surface area contributed by atoms with Crippen molar-refractivity contribution >= 4 is 11.6 Å². The average molecular weight is 1040 g/mol. The van der Waals surface area contributed by atoms with E-state index in [0.717, 1.165) is 0 Å². The SMILES string of the molecule is O=C(c1ccc2c(c1)OCCOCCOCCOCCO2)c1ccc2c(c1)OCCOCCOCCOc1ccc(C(=O)c3ccc4c(c3)OCCOCCOCCOCCO4)cc1OCCOCCOCCO2. The Kier molecular flexibility index (Phi) is 25.1. The van der Waals surface area contributed by atoms with E-state index in [2.05, 4.69) is 0 Å². The predicted molar refractivity (Wildman–Crippen MR) is 265 cm³/mol. The van der Waals surface area contributed by atoms with E-state index < -0.39 is 0 Å². The third-order valence-electron chi connectivity index (χ3n) is 10.9. The normalized spacial score (nSPS) is 18.8. The van der Waals surface area contributed by atoms with Gasteiger partial charge in [-0.3, -0.25) is 9.59 Å². The van der Waals surface area contributed by atoms with Gasteiger partial charge in [0.15, 0.2) is 57.6 Å². The van der Waals surface area contributed by atoms with Gasteiger partial charge in [0.25, 0.3) is 0 Å². The van der Waals surface area contributed by atoms with Crippen molar-refractivity contribution in [1.82, 2.24) is 0 Å². The zero-order valence-electron chi connectivity index (χ0n) is 41.9. The van der Waals surface area contributed by atoms with Crippen molar-refractivity contribution < 1.29 is 94.9 Å². The molecule has 0 aromatic heterocycles. The molecular weight excluding hydrogens is 969 g/mol. The zero-order valence-corrected chi connectivity index (χ0v) is 41.9. The van der Waals surface area contributed by atoms with Crippen molar-refractivity contribution in [2.75, 3.05) is 185 Å². The number of hydrogen-bond acceptors (Lipinski definition) is 20. The Hall–Kier alpha value is -5.78. The molecule has 3 heterocycles. The second-order valence-corrected chi connectivity index (χ2v) is 16.2. The minimum Gasteiger partial charge on any atom is -0.487 e. The fourth-order valence-electron chi connectivity index (χ4n) is 7.27. The molecule has 0 atom stereocenters. The molecule has 0 radical (unpaired) electrons. The number of benzene rings is 4. The van der Waals surface area contributed by atoms with Crippen LogP contribution in [0.3, 0.4) is 0 Å². The van der Waals surface area contributed by atoms with Crippen LogP contribution in [0.5, 0.6) is 46.0 Å². The van der Waals surface area contributed by atoms with Gasteiger partial charge in [-0.05, 0) is 72.8 Å². The van der Waals surface area contributed by atoms with Crippen LogP contribution in [0.4, 0.5) is 0 Å². The molecule has 7 rings (SSSR count). The summed E-state index contributed by atoms with van der Waals surface area (Å²) in [6.07, 6.45) is 0. The van der Waals surface area contributed by atoms with Gasteiger partial charge in [-0.15, -0.1) is 0 Å². The molecule has 0 N–H and O–H groups in total. The highest BCUT2D eigenvalue weighted by Gasteiger charge is 2.20. The van der Waals surface area contributed by atoms with Crippen molar-refractivity contribution in [3.63, 3.8) is 0 Å². The van der Waals surface area contributed by atoms with Crippen LogP contribution in [-0.4, -0.2) is 197 Å². The molecule has 0 spiro atoms. The molecule has 0 fully saturated rings. The summed E-state index contributed by atoms with van der Waals surface area (Å²) in [6, 6.07) is 20.2. The quantitative estimate of drug-likeness (QED) is 0.245. The Bertz CT molecular complexity index is 2120. The molecule has 20 heteroatoms. The third kappa shape index (κ3) is 19.5. The average Bonchev–Trinajstić information content (AvgIpc) is 3.44. The van der Waals surface area contributed by atoms with Crippen LogP contribution >= 0.6 is 0 Å². The van der Waals surface area contributed by atoms with Crippen LogP contribution < -0.4 is 37.9 Å². The monoisotopic (exact) mass is 1040 g/mol. The highest BCUT2D eigenvalue weighted by Crippen LogP contribution is 2.34. The Balaban J connectivity index is 0.929. The highest BCUT2D eigenvalue weighted by atomic mass is 16.6. The number of fused-ring (bicyclic) bond motifs is 4. The molecule has 0 saturated heterocycles. The van der Waals surface area contributed by atoms with Gasteiger partial charge in [-0.2, -0.15) is 0 Å². The number of hydrogen-bond donors (Lipinski definition) is 0. The summed E-state index contributed by atoms with van der Waals surface area (Å²) in [5, 5.41) is 0. The molecule has 3 aliphatic heterocycles. The smallest absolute Gasteiger partial charge is 0.193 e. The summed E-state index contributed by atoms with van der Waals surface area (Å²) in [4.78, 5) is 27.9. The first-order valence-corrected chi connectivity index (χ1v) is 25.1. The molecule has 4 aromatic carbocycles. The summed E-state index contributed by atoms with van der Waals surface area (Å²) >= 11 is 0. The number of carbonyl (C=O) groups is 2. The van der Waals surface area contributed by atoms with Crippen molar-refractivity contribution in [3.05, 3.63) is 95.1 Å². The Morgan fingerprint density at radius 1 is 0.203 bits per heavy atom. The van der Waals surface area contributed by atoms with Crippen LogP contribution in [-0.2, 0) is 47.4 Å². The molecule has 0 bridgehead atoms. The second kappa shape index (κ2) is 33.2. The first-order valence-electron chi connectivity index (χ1n) is 25.1. The molecule has 404 valence electrons. The largest absolute Gasteiger partial charge is 0.487 e. The molecule has 20 nitrogen and oxygen atoms in total. The summed E-state index contributed by atoms with van der Waals surface area (Å²) in [5.41, 5.74) is 1.55. The maximum absolute atomic E-state index is 13.9. The summed E-state index contributed by atoms with van der Waals surface area (Å²) < 4.78 is 105. The number of ether oxygens (including phenoxy) is 18. The summed E-state index contributed by atoms with van der Waals surface area (Å²) in [7, 11) is 0. The lowest BCUT2D eigenvalue weighted by Gasteiger charge is -2.16. The van der Waals surface area contributed by atoms with Gasteiger partial charge < -0.3 is 85.3 Å². The van der Waals surface area contributed by atoms with Gasteiger partial charge in [0, 0.05) is 22.3 Å². The van der Waals surface area contributed by atoms with Gasteiger partial charge in [-0.25, -0.2) is 0 Å². The van der Waals surface area contributed by atoms with Crippen LogP contribution in [0.15, 0.2) is 72.8 Å². The van der Waals surface area contributed by atoms with E-state index in [9.17, 15) is 9.59 Å². The van der Waals surface area contributed by atoms with E-state index in [-0.39, 0.29) is 77.6 Å². The lowest BCUT2D eigenvalue weighted by atomic mass is 10.0. The lowest BCUT2D eigenvalue weighted by Crippen LogP contribution is -2.16. The van der Waals surface area contributed by atoms with Gasteiger partial charge in [0.1, 0.15) is 52.9 Å². The Morgan fingerprint density at radius 2 is 0.351 bits per heavy atom. The number of ketones is 2. The molecule has 0 aliphatic carbocycles. The third-order valence-corrected chi connectivity index (χ3v) is 10.9. The van der Waals surface area contributed by atoms with E-state index in [1.54, 1.807) is 72.8 Å². The fourth-order valence-corrected chi connectivity index (χ4v) is 7.27. The molecule has 0 saturated carbocycles. The van der Waals surface area contributed by atoms with Crippen molar-refractivity contribution in [2.45, 2.75) is 0 Å². The molecule has 0 amide bonds. The van der Waals surface area contributed by atoms with Gasteiger partial charge in [-0.1, -0.05) is 0 Å². The van der Waals surface area contributed by atoms with Crippen molar-refractivity contribution in [2.24, 2.45) is 0 Å². The molecule has 0 unspecified atom stereocenters. The van der Waals surface area contributed by atoms with Crippen LogP contribution in [0, 0.1) is 0 Å². The standard InChI is InChI=1S/C54H68O20/c55-53(41-1-5-45-49(37-41)71-33-25-63-15-11-57-9-13-59-21-29-67-45)43-3-7-47-51(39-43)73-35-27-65-19-17-62-24-32-70-48-8-4-44(40-52(48)74-36-28-66-20-18-61-23-31-69-47)54(56)42-2-6-46-50(38-42)72-34-26-64-16-12-58-10-14-60-22-30-68-46/h1-8,37-40H,9-36H2. The molecule has 4 aromatic rings. The van der Waals surface area contributed by atoms with Crippen LogP contribution in [0.1, 0.15) is 31.8 Å². The summed E-state index contributed by atoms with van der Waals surface area (Å²) in [6.45, 7) is 9.03. The van der Waals surface area contributed by atoms with E-state index in [1.165, 1.54) is 0 Å². The first kappa shape index (κ1) is 56.0. The lowest BCUT2D eigenvalue weighted by molar-refractivity contribution is 0.00708. The van der Waals surface area contributed by atoms with Crippen LogP contribution in [0.25, 0.3) is 0 Å². The molecule has 74 heavy (non-hydrogen) atoms. The second-order valence-electron chi connectivity index (χ2n) is 16.2. The molecular formula is C54H68O20. The van der Waals surface area contributed by atoms with Crippen LogP contribution in [0.2, 0.25) is 0 Å². The fraction of sp³-hybridized carbons (Fsp3) is 0.519. The highest BCUT2D eigenvalue weighted by molar-refractivity contribution is 6.10. The minimum absolute atomic E-state index is 0.171. The number of rotatable bonds is 4. The van der Waals surface area contributed by atoms with Gasteiger partial charge >= 0.3 is 0 Å². The van der Waals surface area contributed by atoms with E-state index >= 15 is 0 Å². The van der Waals surface area contributed by atoms with E-state index in [0.29, 0.717) is 187 Å². The van der Waals surface area contributed by atoms with Crippen molar-refractivity contribution in [1.29, 1.82) is 0 Å². The van der Waals surface area contributed by atoms with Crippen molar-refractivity contribution in [3.8, 4) is 46.0 Å². The minimum atomic E-state index is -0.254. The van der Waals surface area contributed by atoms with E-state index in [1.807, 2.05) is 0 Å². The van der Waals surface area contributed by atoms with Gasteiger partial charge in [0.05, 0.1) is 132 Å². The van der Waals surface area contributed by atoms with Gasteiger partial charge in [0.2, 0.25) is 0 Å².